The fourth-order valence-electron chi connectivity index (χ4n) is 2.88. The van der Waals surface area contributed by atoms with Gasteiger partial charge in [-0.2, -0.15) is 5.10 Å². The van der Waals surface area contributed by atoms with Gasteiger partial charge in [-0.05, 0) is 43.7 Å². The Morgan fingerprint density at radius 3 is 2.48 bits per heavy atom. The Kier molecular flexibility index (Phi) is 5.18. The molecule has 0 fully saturated rings. The number of aryl methyl sites for hydroxylation is 1. The number of nitrogens with zero attached hydrogens (tertiary/aromatic N) is 2. The molecule has 0 radical (unpaired) electrons. The molecular formula is C19H20FN3O3S. The molecule has 0 spiro atoms. The van der Waals surface area contributed by atoms with E-state index in [2.05, 4.69) is 9.82 Å². The molecule has 0 atom stereocenters. The zero-order valence-electron chi connectivity index (χ0n) is 15.2. The van der Waals surface area contributed by atoms with Crippen molar-refractivity contribution in [2.45, 2.75) is 25.3 Å². The number of rotatable bonds is 6. The van der Waals surface area contributed by atoms with Gasteiger partial charge >= 0.3 is 0 Å². The summed E-state index contributed by atoms with van der Waals surface area (Å²) < 4.78 is 48.8. The van der Waals surface area contributed by atoms with E-state index in [0.29, 0.717) is 17.7 Å². The standard InChI is InChI=1S/C19H20FN3O3S/c1-4-23-13(2)18(14-10-11-17(26-3)16(20)12-14)19(21-23)22-27(24,25)15-8-6-5-7-9-15/h5-12H,4H2,1-3H3,(H,21,22). The van der Waals surface area contributed by atoms with Crippen molar-refractivity contribution in [2.75, 3.05) is 11.8 Å². The monoisotopic (exact) mass is 389 g/mol. The normalized spacial score (nSPS) is 11.4. The first-order chi connectivity index (χ1) is 12.9. The molecule has 0 amide bonds. The molecule has 0 bridgehead atoms. The number of ether oxygens (including phenoxy) is 1. The molecule has 0 aliphatic rings. The van der Waals surface area contributed by atoms with Gasteiger partial charge in [0, 0.05) is 17.8 Å². The second-order valence-electron chi connectivity index (χ2n) is 5.89. The molecule has 1 N–H and O–H groups in total. The lowest BCUT2D eigenvalue weighted by Gasteiger charge is -2.09. The summed E-state index contributed by atoms with van der Waals surface area (Å²) in [5.41, 5.74) is 1.77. The highest BCUT2D eigenvalue weighted by Gasteiger charge is 2.22. The van der Waals surface area contributed by atoms with Crippen molar-refractivity contribution in [1.29, 1.82) is 0 Å². The number of anilines is 1. The van der Waals surface area contributed by atoms with E-state index in [9.17, 15) is 12.8 Å². The molecule has 3 rings (SSSR count). The molecule has 27 heavy (non-hydrogen) atoms. The van der Waals surface area contributed by atoms with Crippen LogP contribution in [0.3, 0.4) is 0 Å². The first kappa shape index (κ1) is 18.9. The molecule has 1 heterocycles. The van der Waals surface area contributed by atoms with Crippen LogP contribution in [0.5, 0.6) is 5.75 Å². The van der Waals surface area contributed by atoms with Gasteiger partial charge < -0.3 is 4.74 Å². The van der Waals surface area contributed by atoms with Crippen LogP contribution in [0.2, 0.25) is 0 Å². The fourth-order valence-corrected chi connectivity index (χ4v) is 3.91. The predicted octanol–water partition coefficient (Wildman–Crippen LogP) is 3.83. The van der Waals surface area contributed by atoms with E-state index in [1.807, 2.05) is 13.8 Å². The Hall–Kier alpha value is -2.87. The smallest absolute Gasteiger partial charge is 0.263 e. The molecule has 0 unspecified atom stereocenters. The first-order valence-corrected chi connectivity index (χ1v) is 9.85. The van der Waals surface area contributed by atoms with Crippen LogP contribution in [0.4, 0.5) is 10.2 Å². The lowest BCUT2D eigenvalue weighted by molar-refractivity contribution is 0.386. The molecule has 2 aromatic carbocycles. The van der Waals surface area contributed by atoms with Crippen LogP contribution in [0, 0.1) is 12.7 Å². The Morgan fingerprint density at radius 2 is 1.89 bits per heavy atom. The Labute approximate surface area is 157 Å². The van der Waals surface area contributed by atoms with E-state index in [4.69, 9.17) is 4.74 Å². The highest BCUT2D eigenvalue weighted by atomic mass is 32.2. The zero-order valence-corrected chi connectivity index (χ0v) is 16.0. The number of aromatic nitrogens is 2. The van der Waals surface area contributed by atoms with E-state index in [-0.39, 0.29) is 16.5 Å². The van der Waals surface area contributed by atoms with Gasteiger partial charge in [0.05, 0.1) is 12.0 Å². The third-order valence-corrected chi connectivity index (χ3v) is 5.59. The summed E-state index contributed by atoms with van der Waals surface area (Å²) in [5, 5.41) is 4.36. The number of hydrogen-bond acceptors (Lipinski definition) is 4. The van der Waals surface area contributed by atoms with Crippen LogP contribution in [0.25, 0.3) is 11.1 Å². The molecule has 6 nitrogen and oxygen atoms in total. The largest absolute Gasteiger partial charge is 0.494 e. The summed E-state index contributed by atoms with van der Waals surface area (Å²) in [4.78, 5) is 0.126. The van der Waals surface area contributed by atoms with Crippen LogP contribution in [-0.2, 0) is 16.6 Å². The fraction of sp³-hybridized carbons (Fsp3) is 0.211. The van der Waals surface area contributed by atoms with E-state index < -0.39 is 15.8 Å². The van der Waals surface area contributed by atoms with Crippen molar-refractivity contribution in [3.8, 4) is 16.9 Å². The number of nitrogens with one attached hydrogen (secondary N) is 1. The summed E-state index contributed by atoms with van der Waals surface area (Å²) in [6.45, 7) is 4.26. The molecule has 0 saturated heterocycles. The van der Waals surface area contributed by atoms with Crippen LogP contribution >= 0.6 is 0 Å². The highest BCUT2D eigenvalue weighted by Crippen LogP contribution is 2.34. The third kappa shape index (κ3) is 3.66. The van der Waals surface area contributed by atoms with Gasteiger partial charge in [0.15, 0.2) is 17.4 Å². The van der Waals surface area contributed by atoms with Crippen molar-refractivity contribution in [3.05, 3.63) is 60.0 Å². The summed E-state index contributed by atoms with van der Waals surface area (Å²) in [7, 11) is -2.44. The number of methoxy groups -OCH3 is 1. The van der Waals surface area contributed by atoms with Crippen molar-refractivity contribution in [3.63, 3.8) is 0 Å². The Morgan fingerprint density at radius 1 is 1.19 bits per heavy atom. The van der Waals surface area contributed by atoms with Crippen molar-refractivity contribution in [2.24, 2.45) is 0 Å². The molecule has 142 valence electrons. The maximum atomic E-state index is 14.2. The van der Waals surface area contributed by atoms with Crippen LogP contribution in [0.1, 0.15) is 12.6 Å². The van der Waals surface area contributed by atoms with Crippen molar-refractivity contribution >= 4 is 15.8 Å². The number of halogens is 1. The molecule has 3 aromatic rings. The van der Waals surface area contributed by atoms with Gasteiger partial charge in [-0.3, -0.25) is 9.40 Å². The minimum Gasteiger partial charge on any atom is -0.494 e. The van der Waals surface area contributed by atoms with Gasteiger partial charge in [0.2, 0.25) is 0 Å². The zero-order chi connectivity index (χ0) is 19.6. The predicted molar refractivity (Wildman–Crippen MR) is 102 cm³/mol. The van der Waals surface area contributed by atoms with Gasteiger partial charge in [-0.1, -0.05) is 24.3 Å². The van der Waals surface area contributed by atoms with Gasteiger partial charge in [0.1, 0.15) is 0 Å². The van der Waals surface area contributed by atoms with E-state index >= 15 is 0 Å². The lowest BCUT2D eigenvalue weighted by atomic mass is 10.1. The van der Waals surface area contributed by atoms with Crippen molar-refractivity contribution < 1.29 is 17.5 Å². The molecular weight excluding hydrogens is 369 g/mol. The van der Waals surface area contributed by atoms with Crippen LogP contribution in [0.15, 0.2) is 53.4 Å². The average molecular weight is 389 g/mol. The highest BCUT2D eigenvalue weighted by molar-refractivity contribution is 7.92. The summed E-state index contributed by atoms with van der Waals surface area (Å²) in [5.74, 6) is -0.260. The maximum Gasteiger partial charge on any atom is 0.263 e. The Bertz CT molecular complexity index is 1060. The molecule has 1 aromatic heterocycles. The SMILES string of the molecule is CCn1nc(NS(=O)(=O)c2ccccc2)c(-c2ccc(OC)c(F)c2)c1C. The average Bonchev–Trinajstić information content (AvgIpc) is 2.97. The minimum absolute atomic E-state index is 0.116. The number of benzene rings is 2. The van der Waals surface area contributed by atoms with E-state index in [1.165, 1.54) is 31.4 Å². The molecule has 8 heteroatoms. The van der Waals surface area contributed by atoms with Gasteiger partial charge in [-0.25, -0.2) is 12.8 Å². The molecule has 0 aliphatic carbocycles. The second-order valence-corrected chi connectivity index (χ2v) is 7.58. The Balaban J connectivity index is 2.10. The van der Waals surface area contributed by atoms with E-state index in [1.54, 1.807) is 28.9 Å². The lowest BCUT2D eigenvalue weighted by Crippen LogP contribution is -2.14. The summed E-state index contributed by atoms with van der Waals surface area (Å²) >= 11 is 0. The molecule has 0 saturated carbocycles. The third-order valence-electron chi connectivity index (χ3n) is 4.23. The minimum atomic E-state index is -3.82. The van der Waals surface area contributed by atoms with Crippen LogP contribution in [-0.4, -0.2) is 25.3 Å². The summed E-state index contributed by atoms with van der Waals surface area (Å²) in [6.07, 6.45) is 0. The second kappa shape index (κ2) is 7.40. The first-order valence-electron chi connectivity index (χ1n) is 8.36. The number of hydrogen-bond donors (Lipinski definition) is 1. The topological polar surface area (TPSA) is 73.2 Å². The summed E-state index contributed by atoms with van der Waals surface area (Å²) in [6, 6.07) is 12.5. The van der Waals surface area contributed by atoms with E-state index in [0.717, 1.165) is 5.69 Å². The number of sulfonamides is 1. The van der Waals surface area contributed by atoms with Crippen molar-refractivity contribution in [1.82, 2.24) is 9.78 Å². The van der Waals surface area contributed by atoms with Gasteiger partial charge in [0.25, 0.3) is 10.0 Å². The van der Waals surface area contributed by atoms with Gasteiger partial charge in [-0.15, -0.1) is 0 Å². The molecule has 0 aliphatic heterocycles. The maximum absolute atomic E-state index is 14.2. The van der Waals surface area contributed by atoms with Crippen LogP contribution < -0.4 is 9.46 Å². The quantitative estimate of drug-likeness (QED) is 0.695.